The lowest BCUT2D eigenvalue weighted by Gasteiger charge is -2.16. The van der Waals surface area contributed by atoms with Gasteiger partial charge in [0.15, 0.2) is 0 Å². The van der Waals surface area contributed by atoms with E-state index in [4.69, 9.17) is 5.11 Å². The largest absolute Gasteiger partial charge is 0.396 e. The van der Waals surface area contributed by atoms with Gasteiger partial charge in [0.05, 0.1) is 0 Å². The summed E-state index contributed by atoms with van der Waals surface area (Å²) in [6.45, 7) is 5.33. The minimum absolute atomic E-state index is 0.248. The summed E-state index contributed by atoms with van der Waals surface area (Å²) < 4.78 is 1.12. The van der Waals surface area contributed by atoms with E-state index < -0.39 is 0 Å². The van der Waals surface area contributed by atoms with Crippen LogP contribution in [0.1, 0.15) is 19.4 Å². The normalized spacial score (nSPS) is 14.8. The van der Waals surface area contributed by atoms with Gasteiger partial charge in [-0.3, -0.25) is 0 Å². The second kappa shape index (κ2) is 7.05. The fourth-order valence-corrected chi connectivity index (χ4v) is 1.78. The smallest absolute Gasteiger partial charge is 0.0468 e. The molecule has 0 aliphatic carbocycles. The molecule has 0 spiro atoms. The third kappa shape index (κ3) is 5.10. The van der Waals surface area contributed by atoms with Gasteiger partial charge in [-0.2, -0.15) is 0 Å². The molecule has 0 radical (unpaired) electrons. The first kappa shape index (κ1) is 13.7. The highest BCUT2D eigenvalue weighted by Crippen LogP contribution is 2.11. The van der Waals surface area contributed by atoms with Crippen molar-refractivity contribution in [1.29, 1.82) is 0 Å². The van der Waals surface area contributed by atoms with Crippen LogP contribution in [0.3, 0.4) is 0 Å². The lowest BCUT2D eigenvalue weighted by Crippen LogP contribution is -2.32. The summed E-state index contributed by atoms with van der Waals surface area (Å²) in [4.78, 5) is 0. The standard InChI is InChI=1S/C13H20BrNO/c1-10(9-16)8-15-11(2)7-12-3-5-13(14)6-4-12/h3-6,10-11,15-16H,7-9H2,1-2H3. The summed E-state index contributed by atoms with van der Waals surface area (Å²) in [5.74, 6) is 0.326. The topological polar surface area (TPSA) is 32.3 Å². The summed E-state index contributed by atoms with van der Waals surface area (Å²) in [5, 5.41) is 12.3. The van der Waals surface area contributed by atoms with Crippen LogP contribution >= 0.6 is 15.9 Å². The Balaban J connectivity index is 2.33. The van der Waals surface area contributed by atoms with Crippen molar-refractivity contribution in [3.8, 4) is 0 Å². The molecule has 2 atom stereocenters. The number of aliphatic hydroxyl groups is 1. The zero-order valence-corrected chi connectivity index (χ0v) is 11.5. The molecule has 0 aliphatic heterocycles. The van der Waals surface area contributed by atoms with Crippen molar-refractivity contribution in [2.45, 2.75) is 26.3 Å². The van der Waals surface area contributed by atoms with Crippen LogP contribution in [0.25, 0.3) is 0 Å². The molecular weight excluding hydrogens is 266 g/mol. The van der Waals surface area contributed by atoms with E-state index >= 15 is 0 Å². The average molecular weight is 286 g/mol. The summed E-state index contributed by atoms with van der Waals surface area (Å²) >= 11 is 3.43. The van der Waals surface area contributed by atoms with Crippen molar-refractivity contribution in [3.05, 3.63) is 34.3 Å². The molecule has 1 aromatic rings. The predicted molar refractivity (Wildman–Crippen MR) is 71.6 cm³/mol. The van der Waals surface area contributed by atoms with Crippen molar-refractivity contribution < 1.29 is 5.11 Å². The number of hydrogen-bond donors (Lipinski definition) is 2. The Morgan fingerprint density at radius 3 is 2.44 bits per heavy atom. The monoisotopic (exact) mass is 285 g/mol. The van der Waals surface area contributed by atoms with E-state index in [1.165, 1.54) is 5.56 Å². The van der Waals surface area contributed by atoms with E-state index in [-0.39, 0.29) is 6.61 Å². The first-order chi connectivity index (χ1) is 7.61. The Hall–Kier alpha value is -0.380. The Morgan fingerprint density at radius 2 is 1.88 bits per heavy atom. The molecule has 2 N–H and O–H groups in total. The molecule has 0 amide bonds. The first-order valence-corrected chi connectivity index (χ1v) is 6.49. The Labute approximate surface area is 106 Å². The summed E-state index contributed by atoms with van der Waals surface area (Å²) in [6, 6.07) is 8.85. The minimum atomic E-state index is 0.248. The van der Waals surface area contributed by atoms with Gasteiger partial charge in [-0.15, -0.1) is 0 Å². The number of nitrogens with one attached hydrogen (secondary N) is 1. The molecular formula is C13H20BrNO. The molecule has 0 aliphatic rings. The molecule has 0 fully saturated rings. The summed E-state index contributed by atoms with van der Waals surface area (Å²) in [6.07, 6.45) is 1.02. The third-order valence-electron chi connectivity index (χ3n) is 2.58. The molecule has 90 valence electrons. The Kier molecular flexibility index (Phi) is 6.03. The van der Waals surface area contributed by atoms with Gasteiger partial charge < -0.3 is 10.4 Å². The van der Waals surface area contributed by atoms with E-state index in [0.717, 1.165) is 17.4 Å². The number of hydrogen-bond acceptors (Lipinski definition) is 2. The number of aliphatic hydroxyl groups excluding tert-OH is 1. The summed E-state index contributed by atoms with van der Waals surface area (Å²) in [7, 11) is 0. The van der Waals surface area contributed by atoms with Crippen LogP contribution in [0.15, 0.2) is 28.7 Å². The zero-order valence-electron chi connectivity index (χ0n) is 9.91. The highest BCUT2D eigenvalue weighted by atomic mass is 79.9. The van der Waals surface area contributed by atoms with E-state index in [9.17, 15) is 0 Å². The maximum Gasteiger partial charge on any atom is 0.0468 e. The molecule has 2 unspecified atom stereocenters. The van der Waals surface area contributed by atoms with Crippen molar-refractivity contribution >= 4 is 15.9 Å². The number of rotatable bonds is 6. The average Bonchev–Trinajstić information content (AvgIpc) is 2.29. The van der Waals surface area contributed by atoms with Crippen LogP contribution < -0.4 is 5.32 Å². The van der Waals surface area contributed by atoms with E-state index in [1.807, 2.05) is 6.92 Å². The molecule has 0 saturated heterocycles. The van der Waals surface area contributed by atoms with Crippen molar-refractivity contribution in [2.24, 2.45) is 5.92 Å². The molecule has 3 heteroatoms. The molecule has 1 rings (SSSR count). The van der Waals surface area contributed by atoms with E-state index in [2.05, 4.69) is 52.4 Å². The second-order valence-corrected chi connectivity index (χ2v) is 5.34. The third-order valence-corrected chi connectivity index (χ3v) is 3.11. The maximum atomic E-state index is 8.92. The Morgan fingerprint density at radius 1 is 1.25 bits per heavy atom. The minimum Gasteiger partial charge on any atom is -0.396 e. The lowest BCUT2D eigenvalue weighted by atomic mass is 10.1. The molecule has 16 heavy (non-hydrogen) atoms. The van der Waals surface area contributed by atoms with Crippen molar-refractivity contribution in [3.63, 3.8) is 0 Å². The van der Waals surface area contributed by atoms with Gasteiger partial charge in [0.25, 0.3) is 0 Å². The zero-order chi connectivity index (χ0) is 12.0. The van der Waals surface area contributed by atoms with Gasteiger partial charge >= 0.3 is 0 Å². The van der Waals surface area contributed by atoms with Gasteiger partial charge in [-0.25, -0.2) is 0 Å². The molecule has 0 heterocycles. The molecule has 1 aromatic carbocycles. The summed E-state index contributed by atoms with van der Waals surface area (Å²) in [5.41, 5.74) is 1.33. The van der Waals surface area contributed by atoms with Gasteiger partial charge in [0.2, 0.25) is 0 Å². The molecule has 0 bridgehead atoms. The van der Waals surface area contributed by atoms with E-state index in [1.54, 1.807) is 0 Å². The number of halogens is 1. The van der Waals surface area contributed by atoms with Gasteiger partial charge in [0, 0.05) is 23.7 Å². The van der Waals surface area contributed by atoms with Crippen LogP contribution in [-0.2, 0) is 6.42 Å². The van der Waals surface area contributed by atoms with Crippen LogP contribution in [0.4, 0.5) is 0 Å². The fraction of sp³-hybridized carbons (Fsp3) is 0.538. The fourth-order valence-electron chi connectivity index (χ4n) is 1.51. The molecule has 2 nitrogen and oxygen atoms in total. The lowest BCUT2D eigenvalue weighted by molar-refractivity contribution is 0.230. The van der Waals surface area contributed by atoms with Crippen molar-refractivity contribution in [2.75, 3.05) is 13.2 Å². The van der Waals surface area contributed by atoms with Gasteiger partial charge in [-0.1, -0.05) is 35.0 Å². The highest BCUT2D eigenvalue weighted by Gasteiger charge is 2.05. The van der Waals surface area contributed by atoms with Crippen LogP contribution in [0.2, 0.25) is 0 Å². The highest BCUT2D eigenvalue weighted by molar-refractivity contribution is 9.10. The number of benzene rings is 1. The maximum absolute atomic E-state index is 8.92. The van der Waals surface area contributed by atoms with E-state index in [0.29, 0.717) is 12.0 Å². The SMILES string of the molecule is CC(CO)CNC(C)Cc1ccc(Br)cc1. The van der Waals surface area contributed by atoms with Crippen LogP contribution in [-0.4, -0.2) is 24.3 Å². The first-order valence-electron chi connectivity index (χ1n) is 5.70. The predicted octanol–water partition coefficient (Wildman–Crippen LogP) is 2.60. The van der Waals surface area contributed by atoms with Crippen LogP contribution in [0, 0.1) is 5.92 Å². The Bertz CT molecular complexity index is 299. The van der Waals surface area contributed by atoms with Gasteiger partial charge in [-0.05, 0) is 37.0 Å². The van der Waals surface area contributed by atoms with Crippen molar-refractivity contribution in [1.82, 2.24) is 5.32 Å². The molecule has 0 saturated carbocycles. The van der Waals surface area contributed by atoms with Gasteiger partial charge in [0.1, 0.15) is 0 Å². The van der Waals surface area contributed by atoms with Crippen LogP contribution in [0.5, 0.6) is 0 Å². The molecule has 0 aromatic heterocycles. The quantitative estimate of drug-likeness (QED) is 0.842. The second-order valence-electron chi connectivity index (χ2n) is 4.43.